The number of ether oxygens (including phenoxy) is 1. The fourth-order valence-electron chi connectivity index (χ4n) is 4.00. The zero-order chi connectivity index (χ0) is 15.2. The molecule has 2 aliphatic heterocycles. The van der Waals surface area contributed by atoms with Crippen molar-refractivity contribution in [2.75, 3.05) is 19.7 Å². The van der Waals surface area contributed by atoms with Crippen LogP contribution in [0.1, 0.15) is 37.3 Å². The molecule has 1 amide bonds. The van der Waals surface area contributed by atoms with E-state index in [1.54, 1.807) is 6.07 Å². The van der Waals surface area contributed by atoms with E-state index in [9.17, 15) is 9.18 Å². The molecule has 4 nitrogen and oxygen atoms in total. The summed E-state index contributed by atoms with van der Waals surface area (Å²) in [4.78, 5) is 12.6. The summed E-state index contributed by atoms with van der Waals surface area (Å²) in [6.45, 7) is 2.46. The van der Waals surface area contributed by atoms with Gasteiger partial charge in [0.25, 0.3) is 0 Å². The molecule has 0 radical (unpaired) electrons. The van der Waals surface area contributed by atoms with Crippen molar-refractivity contribution in [2.45, 2.75) is 31.7 Å². The van der Waals surface area contributed by atoms with Crippen LogP contribution in [-0.4, -0.2) is 25.6 Å². The van der Waals surface area contributed by atoms with Crippen LogP contribution in [0.4, 0.5) is 4.39 Å². The van der Waals surface area contributed by atoms with Crippen molar-refractivity contribution >= 4 is 5.91 Å². The molecule has 4 rings (SSSR count). The van der Waals surface area contributed by atoms with E-state index in [0.29, 0.717) is 18.8 Å². The number of rotatable bonds is 2. The van der Waals surface area contributed by atoms with Crippen LogP contribution in [0.25, 0.3) is 0 Å². The lowest BCUT2D eigenvalue weighted by Crippen LogP contribution is -2.36. The van der Waals surface area contributed by atoms with Gasteiger partial charge in [-0.3, -0.25) is 4.79 Å². The monoisotopic (exact) mass is 304 g/mol. The molecule has 1 saturated carbocycles. The van der Waals surface area contributed by atoms with Crippen LogP contribution in [0.5, 0.6) is 5.75 Å². The number of nitrogens with one attached hydrogen (secondary N) is 2. The van der Waals surface area contributed by atoms with E-state index in [-0.39, 0.29) is 29.1 Å². The number of piperidine rings is 1. The lowest BCUT2D eigenvalue weighted by Gasteiger charge is -2.28. The predicted octanol–water partition coefficient (Wildman–Crippen LogP) is 2.16. The predicted molar refractivity (Wildman–Crippen MR) is 80.0 cm³/mol. The van der Waals surface area contributed by atoms with Gasteiger partial charge >= 0.3 is 0 Å². The molecule has 1 saturated heterocycles. The van der Waals surface area contributed by atoms with Crippen molar-refractivity contribution in [3.8, 4) is 5.75 Å². The van der Waals surface area contributed by atoms with Crippen molar-refractivity contribution in [3.63, 3.8) is 0 Å². The fourth-order valence-corrected chi connectivity index (χ4v) is 4.00. The lowest BCUT2D eigenvalue weighted by atomic mass is 9.91. The molecular weight excluding hydrogens is 283 g/mol. The van der Waals surface area contributed by atoms with Crippen molar-refractivity contribution in [1.82, 2.24) is 10.6 Å². The van der Waals surface area contributed by atoms with Gasteiger partial charge in [-0.05, 0) is 43.8 Å². The molecule has 1 aromatic carbocycles. The number of benzene rings is 1. The number of para-hydroxylation sites is 1. The Morgan fingerprint density at radius 1 is 1.36 bits per heavy atom. The Hall–Kier alpha value is -1.62. The molecule has 2 heterocycles. The van der Waals surface area contributed by atoms with Gasteiger partial charge in [-0.15, -0.1) is 0 Å². The summed E-state index contributed by atoms with van der Waals surface area (Å²) in [5.41, 5.74) is 0.991. The molecular formula is C17H21FN2O2. The van der Waals surface area contributed by atoms with Gasteiger partial charge in [0.1, 0.15) is 0 Å². The van der Waals surface area contributed by atoms with Gasteiger partial charge in [0, 0.05) is 17.9 Å². The molecule has 2 fully saturated rings. The maximum absolute atomic E-state index is 13.8. The van der Waals surface area contributed by atoms with Gasteiger partial charge in [0.15, 0.2) is 11.6 Å². The average Bonchev–Trinajstić information content (AvgIpc) is 3.22. The van der Waals surface area contributed by atoms with Crippen LogP contribution in [0.3, 0.4) is 0 Å². The number of carbonyl (C=O) groups excluding carboxylic acids is 1. The molecule has 2 N–H and O–H groups in total. The van der Waals surface area contributed by atoms with E-state index in [2.05, 4.69) is 10.6 Å². The van der Waals surface area contributed by atoms with E-state index < -0.39 is 0 Å². The molecule has 1 spiro atoms. The second-order valence-electron chi connectivity index (χ2n) is 6.73. The average molecular weight is 304 g/mol. The second-order valence-corrected chi connectivity index (χ2v) is 6.73. The van der Waals surface area contributed by atoms with Gasteiger partial charge in [0.2, 0.25) is 5.91 Å². The van der Waals surface area contributed by atoms with Crippen LogP contribution in [0.2, 0.25) is 0 Å². The molecule has 2 atom stereocenters. The van der Waals surface area contributed by atoms with Crippen LogP contribution in [0, 0.1) is 17.2 Å². The number of fused-ring (bicyclic) bond motifs is 1. The Labute approximate surface area is 129 Å². The zero-order valence-electron chi connectivity index (χ0n) is 12.5. The highest BCUT2D eigenvalue weighted by Gasteiger charge is 2.57. The highest BCUT2D eigenvalue weighted by Crippen LogP contribution is 2.58. The summed E-state index contributed by atoms with van der Waals surface area (Å²) < 4.78 is 19.2. The van der Waals surface area contributed by atoms with Crippen LogP contribution < -0.4 is 15.4 Å². The Morgan fingerprint density at radius 3 is 3.00 bits per heavy atom. The SMILES string of the molecule is O=C(N[C@@H]1CCOc2c(F)cccc21)C1CC12CCNCC2. The van der Waals surface area contributed by atoms with Gasteiger partial charge in [-0.2, -0.15) is 0 Å². The molecule has 22 heavy (non-hydrogen) atoms. The van der Waals surface area contributed by atoms with Crippen molar-refractivity contribution in [3.05, 3.63) is 29.6 Å². The molecule has 3 aliphatic rings. The zero-order valence-corrected chi connectivity index (χ0v) is 12.5. The number of hydrogen-bond acceptors (Lipinski definition) is 3. The first-order chi connectivity index (χ1) is 10.7. The minimum absolute atomic E-state index is 0.129. The van der Waals surface area contributed by atoms with Crippen molar-refractivity contribution < 1.29 is 13.9 Å². The highest BCUT2D eigenvalue weighted by atomic mass is 19.1. The smallest absolute Gasteiger partial charge is 0.224 e. The molecule has 0 aromatic heterocycles. The first-order valence-electron chi connectivity index (χ1n) is 8.12. The first-order valence-corrected chi connectivity index (χ1v) is 8.12. The quantitative estimate of drug-likeness (QED) is 0.880. The Balaban J connectivity index is 1.47. The normalized spacial score (nSPS) is 28.6. The van der Waals surface area contributed by atoms with Crippen LogP contribution in [0.15, 0.2) is 18.2 Å². The molecule has 5 heteroatoms. The minimum Gasteiger partial charge on any atom is -0.490 e. The maximum Gasteiger partial charge on any atom is 0.224 e. The first kappa shape index (κ1) is 14.0. The highest BCUT2D eigenvalue weighted by molar-refractivity contribution is 5.83. The summed E-state index contributed by atoms with van der Waals surface area (Å²) in [5.74, 6) is 0.211. The summed E-state index contributed by atoms with van der Waals surface area (Å²) in [6.07, 6.45) is 3.87. The van der Waals surface area contributed by atoms with Gasteiger partial charge in [-0.1, -0.05) is 12.1 Å². The summed E-state index contributed by atoms with van der Waals surface area (Å²) >= 11 is 0. The Bertz CT molecular complexity index is 598. The third kappa shape index (κ3) is 2.28. The third-order valence-corrected chi connectivity index (χ3v) is 5.45. The van der Waals surface area contributed by atoms with Crippen molar-refractivity contribution in [1.29, 1.82) is 0 Å². The molecule has 1 unspecified atom stereocenters. The van der Waals surface area contributed by atoms with E-state index in [0.717, 1.165) is 37.9 Å². The van der Waals surface area contributed by atoms with E-state index in [4.69, 9.17) is 4.74 Å². The summed E-state index contributed by atoms with van der Waals surface area (Å²) in [5, 5.41) is 6.48. The number of carbonyl (C=O) groups is 1. The molecule has 1 aliphatic carbocycles. The third-order valence-electron chi connectivity index (χ3n) is 5.45. The summed E-state index contributed by atoms with van der Waals surface area (Å²) in [7, 11) is 0. The second kappa shape index (κ2) is 5.23. The number of halogens is 1. The van der Waals surface area contributed by atoms with Crippen molar-refractivity contribution in [2.24, 2.45) is 11.3 Å². The summed E-state index contributed by atoms with van der Waals surface area (Å²) in [6, 6.07) is 4.78. The molecule has 118 valence electrons. The largest absolute Gasteiger partial charge is 0.490 e. The lowest BCUT2D eigenvalue weighted by molar-refractivity contribution is -0.124. The Morgan fingerprint density at radius 2 is 2.18 bits per heavy atom. The maximum atomic E-state index is 13.8. The fraction of sp³-hybridized carbons (Fsp3) is 0.588. The Kier molecular flexibility index (Phi) is 3.33. The van der Waals surface area contributed by atoms with Gasteiger partial charge in [-0.25, -0.2) is 4.39 Å². The number of amides is 1. The van der Waals surface area contributed by atoms with Gasteiger partial charge in [0.05, 0.1) is 12.6 Å². The standard InChI is InChI=1S/C17H21FN2O2/c18-13-3-1-2-11-14(4-9-22-15(11)13)20-16(21)12-10-17(12)5-7-19-8-6-17/h1-3,12,14,19H,4-10H2,(H,20,21)/t12?,14-/m1/s1. The minimum atomic E-state index is -0.349. The number of hydrogen-bond donors (Lipinski definition) is 2. The van der Waals surface area contributed by atoms with Crippen LogP contribution >= 0.6 is 0 Å². The molecule has 1 aromatic rings. The van der Waals surface area contributed by atoms with E-state index in [1.165, 1.54) is 6.07 Å². The van der Waals surface area contributed by atoms with Crippen LogP contribution in [-0.2, 0) is 4.79 Å². The topological polar surface area (TPSA) is 50.4 Å². The van der Waals surface area contributed by atoms with Gasteiger partial charge < -0.3 is 15.4 Å². The molecule has 0 bridgehead atoms. The van der Waals surface area contributed by atoms with E-state index in [1.807, 2.05) is 6.07 Å². The van der Waals surface area contributed by atoms with E-state index >= 15 is 0 Å².